The monoisotopic (exact) mass is 431 g/mol. The van der Waals surface area contributed by atoms with Gasteiger partial charge in [0.1, 0.15) is 11.2 Å². The number of likely N-dealkylation sites (tertiary alicyclic amines) is 1. The predicted molar refractivity (Wildman–Crippen MR) is 122 cm³/mol. The highest BCUT2D eigenvalue weighted by Crippen LogP contribution is 2.60. The van der Waals surface area contributed by atoms with E-state index in [4.69, 9.17) is 14.2 Å². The van der Waals surface area contributed by atoms with Crippen molar-refractivity contribution >= 4 is 5.78 Å². The number of ketones is 1. The minimum Gasteiger partial charge on any atom is -0.377 e. The van der Waals surface area contributed by atoms with Crippen molar-refractivity contribution in [1.29, 1.82) is 0 Å². The highest BCUT2D eigenvalue weighted by atomic mass is 16.6. The summed E-state index contributed by atoms with van der Waals surface area (Å²) in [7, 11) is 3.97. The molecule has 3 saturated heterocycles. The Kier molecular flexibility index (Phi) is 6.79. The molecule has 5 heteroatoms. The Hall–Kier alpha value is -1.01. The number of ether oxygens (including phenoxy) is 3. The third-order valence-corrected chi connectivity index (χ3v) is 8.16. The number of hydrogen-bond acceptors (Lipinski definition) is 5. The van der Waals surface area contributed by atoms with Crippen LogP contribution in [0.5, 0.6) is 0 Å². The quantitative estimate of drug-likeness (QED) is 0.307. The molecule has 4 rings (SSSR count). The Morgan fingerprint density at radius 1 is 1.35 bits per heavy atom. The lowest BCUT2D eigenvalue weighted by Gasteiger charge is -2.40. The number of rotatable bonds is 9. The number of nitrogens with zero attached hydrogens (tertiary/aromatic N) is 1. The normalized spacial score (nSPS) is 41.0. The molecular weight excluding hydrogens is 390 g/mol. The fourth-order valence-electron chi connectivity index (χ4n) is 6.13. The molecule has 1 saturated carbocycles. The van der Waals surface area contributed by atoms with Crippen molar-refractivity contribution < 1.29 is 19.0 Å². The topological polar surface area (TPSA) is 54.6 Å². The van der Waals surface area contributed by atoms with Gasteiger partial charge in [-0.1, -0.05) is 11.6 Å². The van der Waals surface area contributed by atoms with Gasteiger partial charge in [0, 0.05) is 19.6 Å². The molecule has 1 aliphatic carbocycles. The molecule has 6 atom stereocenters. The smallest absolute Gasteiger partial charge is 0.155 e. The lowest BCUT2D eigenvalue weighted by molar-refractivity contribution is -0.115. The molecular formula is C26H41NO4. The first-order valence-electron chi connectivity index (χ1n) is 12.2. The average Bonchev–Trinajstić information content (AvgIpc) is 3.59. The van der Waals surface area contributed by atoms with Crippen LogP contribution in [0.2, 0.25) is 0 Å². The lowest BCUT2D eigenvalue weighted by atomic mass is 9.67. The van der Waals surface area contributed by atoms with Gasteiger partial charge in [0.05, 0.1) is 24.7 Å². The van der Waals surface area contributed by atoms with Crippen LogP contribution in [0, 0.1) is 5.92 Å². The van der Waals surface area contributed by atoms with Gasteiger partial charge in [-0.25, -0.2) is 0 Å². The van der Waals surface area contributed by atoms with Crippen LogP contribution in [0.25, 0.3) is 0 Å². The van der Waals surface area contributed by atoms with Crippen molar-refractivity contribution in [3.8, 4) is 0 Å². The Balaban J connectivity index is 1.40. The molecule has 0 aromatic rings. The van der Waals surface area contributed by atoms with Gasteiger partial charge in [-0.2, -0.15) is 0 Å². The maximum Gasteiger partial charge on any atom is 0.155 e. The van der Waals surface area contributed by atoms with E-state index < -0.39 is 0 Å². The van der Waals surface area contributed by atoms with Crippen molar-refractivity contribution in [3.63, 3.8) is 0 Å². The van der Waals surface area contributed by atoms with Gasteiger partial charge in [0.25, 0.3) is 0 Å². The average molecular weight is 432 g/mol. The van der Waals surface area contributed by atoms with E-state index in [-0.39, 0.29) is 35.1 Å². The summed E-state index contributed by atoms with van der Waals surface area (Å²) in [5.41, 5.74) is 2.06. The maximum atomic E-state index is 12.8. The van der Waals surface area contributed by atoms with Crippen LogP contribution in [0.3, 0.4) is 0 Å². The zero-order chi connectivity index (χ0) is 22.2. The van der Waals surface area contributed by atoms with Crippen molar-refractivity contribution in [2.75, 3.05) is 27.3 Å². The van der Waals surface area contributed by atoms with Crippen LogP contribution >= 0.6 is 0 Å². The van der Waals surface area contributed by atoms with Crippen LogP contribution in [0.1, 0.15) is 72.1 Å². The molecule has 31 heavy (non-hydrogen) atoms. The number of allylic oxidation sites excluding steroid dienone is 2. The predicted octanol–water partition coefficient (Wildman–Crippen LogP) is 4.45. The van der Waals surface area contributed by atoms with Crippen LogP contribution in [-0.2, 0) is 19.0 Å². The molecule has 1 spiro atoms. The Morgan fingerprint density at radius 3 is 2.74 bits per heavy atom. The van der Waals surface area contributed by atoms with Crippen molar-refractivity contribution in [2.45, 2.75) is 102 Å². The second kappa shape index (κ2) is 9.09. The molecule has 0 bridgehead atoms. The van der Waals surface area contributed by atoms with Crippen molar-refractivity contribution in [2.24, 2.45) is 5.92 Å². The SMILES string of the molecule is CO[C@@H]1C(=CC(=O)CCCC2CCCN2C)CC[C@]2(CO2)[C@H]1[C@@]1(C)O[C@@H]1CC=C(C)C. The Morgan fingerprint density at radius 2 is 2.13 bits per heavy atom. The summed E-state index contributed by atoms with van der Waals surface area (Å²) in [5, 5.41) is 0. The molecule has 0 aromatic heterocycles. The number of carbonyl (C=O) groups excluding carboxylic acids is 1. The first-order valence-corrected chi connectivity index (χ1v) is 12.2. The fraction of sp³-hybridized carbons (Fsp3) is 0.808. The summed E-state index contributed by atoms with van der Waals surface area (Å²) in [5.74, 6) is 0.382. The second-order valence-electron chi connectivity index (χ2n) is 10.6. The summed E-state index contributed by atoms with van der Waals surface area (Å²) >= 11 is 0. The van der Waals surface area contributed by atoms with Crippen LogP contribution < -0.4 is 0 Å². The number of carbonyl (C=O) groups is 1. The highest BCUT2D eigenvalue weighted by molar-refractivity contribution is 5.90. The number of hydrogen-bond donors (Lipinski definition) is 0. The molecule has 0 N–H and O–H groups in total. The molecule has 0 aromatic carbocycles. The number of methoxy groups -OCH3 is 1. The summed E-state index contributed by atoms with van der Waals surface area (Å²) < 4.78 is 18.3. The van der Waals surface area contributed by atoms with Gasteiger partial charge in [-0.3, -0.25) is 4.79 Å². The zero-order valence-electron chi connectivity index (χ0n) is 20.1. The van der Waals surface area contributed by atoms with Crippen LogP contribution in [0.4, 0.5) is 0 Å². The zero-order valence-corrected chi connectivity index (χ0v) is 20.1. The minimum absolute atomic E-state index is 0.108. The van der Waals surface area contributed by atoms with E-state index in [1.54, 1.807) is 7.11 Å². The van der Waals surface area contributed by atoms with Gasteiger partial charge in [0.15, 0.2) is 5.78 Å². The molecule has 3 heterocycles. The van der Waals surface area contributed by atoms with Gasteiger partial charge in [-0.15, -0.1) is 0 Å². The summed E-state index contributed by atoms with van der Waals surface area (Å²) in [6.45, 7) is 8.43. The molecule has 0 radical (unpaired) electrons. The lowest BCUT2D eigenvalue weighted by Crippen LogP contribution is -2.50. The standard InChI is InChI=1S/C26H41NO4/c1-18(2)11-12-22-25(3,31-22)24-23(29-5)19(13-14-26(24)17-30-26)16-21(28)10-6-8-20-9-7-15-27(20)4/h11,16,20,22-24H,6-10,12-15,17H2,1-5H3/t20?,22-,23-,24-,25+,26+/m1/s1. The molecule has 4 fully saturated rings. The van der Waals surface area contributed by atoms with Gasteiger partial charge >= 0.3 is 0 Å². The third-order valence-electron chi connectivity index (χ3n) is 8.16. The molecule has 174 valence electrons. The first-order chi connectivity index (χ1) is 14.8. The highest BCUT2D eigenvalue weighted by Gasteiger charge is 2.71. The summed E-state index contributed by atoms with van der Waals surface area (Å²) in [6.07, 6.45) is 12.3. The molecule has 1 unspecified atom stereocenters. The third kappa shape index (κ3) is 4.85. The van der Waals surface area contributed by atoms with E-state index in [0.29, 0.717) is 12.5 Å². The van der Waals surface area contributed by atoms with Crippen molar-refractivity contribution in [1.82, 2.24) is 4.90 Å². The van der Waals surface area contributed by atoms with E-state index >= 15 is 0 Å². The minimum atomic E-state index is -0.251. The van der Waals surface area contributed by atoms with Crippen molar-refractivity contribution in [3.05, 3.63) is 23.3 Å². The summed E-state index contributed by atoms with van der Waals surface area (Å²) in [4.78, 5) is 15.2. The van der Waals surface area contributed by atoms with E-state index in [1.807, 2.05) is 6.08 Å². The van der Waals surface area contributed by atoms with E-state index in [2.05, 4.69) is 38.8 Å². The Labute approximate surface area is 188 Å². The summed E-state index contributed by atoms with van der Waals surface area (Å²) in [6, 6.07) is 0.655. The molecule has 4 aliphatic rings. The maximum absolute atomic E-state index is 12.8. The van der Waals surface area contributed by atoms with E-state index in [1.165, 1.54) is 25.0 Å². The van der Waals surface area contributed by atoms with Crippen LogP contribution in [0.15, 0.2) is 23.3 Å². The van der Waals surface area contributed by atoms with E-state index in [0.717, 1.165) is 44.3 Å². The van der Waals surface area contributed by atoms with Crippen LogP contribution in [-0.4, -0.2) is 67.4 Å². The fourth-order valence-corrected chi connectivity index (χ4v) is 6.13. The number of epoxide rings is 2. The molecule has 3 aliphatic heterocycles. The second-order valence-corrected chi connectivity index (χ2v) is 10.6. The first kappa shape index (κ1) is 23.2. The van der Waals surface area contributed by atoms with Gasteiger partial charge in [-0.05, 0) is 91.0 Å². The van der Waals surface area contributed by atoms with Gasteiger partial charge in [0.2, 0.25) is 0 Å². The largest absolute Gasteiger partial charge is 0.377 e. The van der Waals surface area contributed by atoms with E-state index in [9.17, 15) is 4.79 Å². The Bertz CT molecular complexity index is 736. The molecule has 5 nitrogen and oxygen atoms in total. The molecule has 0 amide bonds. The van der Waals surface area contributed by atoms with Gasteiger partial charge < -0.3 is 19.1 Å².